The van der Waals surface area contributed by atoms with Gasteiger partial charge in [0.1, 0.15) is 11.5 Å². The van der Waals surface area contributed by atoms with E-state index in [1.807, 2.05) is 19.3 Å². The molecule has 1 unspecified atom stereocenters. The van der Waals surface area contributed by atoms with Crippen LogP contribution in [0.3, 0.4) is 0 Å². The summed E-state index contributed by atoms with van der Waals surface area (Å²) in [7, 11) is 5.02. The number of nitrogens with zero attached hydrogens (tertiary/aromatic N) is 2. The van der Waals surface area contributed by atoms with Gasteiger partial charge in [-0.2, -0.15) is 0 Å². The molecule has 2 aromatic carbocycles. The highest BCUT2D eigenvalue weighted by molar-refractivity contribution is 6.39. The van der Waals surface area contributed by atoms with E-state index in [0.717, 1.165) is 25.2 Å². The highest BCUT2D eigenvalue weighted by Gasteiger charge is 2.27. The molecular weight excluding hydrogens is 432 g/mol. The molecule has 1 aromatic heterocycles. The summed E-state index contributed by atoms with van der Waals surface area (Å²) in [6, 6.07) is 17.4. The molecule has 0 spiro atoms. The molecule has 34 heavy (non-hydrogen) atoms. The fraction of sp³-hybridized carbons (Fsp3) is 0.308. The fourth-order valence-corrected chi connectivity index (χ4v) is 4.39. The van der Waals surface area contributed by atoms with E-state index in [9.17, 15) is 9.59 Å². The predicted molar refractivity (Wildman–Crippen MR) is 130 cm³/mol. The van der Waals surface area contributed by atoms with Crippen LogP contribution in [0.2, 0.25) is 0 Å². The molecule has 1 aliphatic rings. The van der Waals surface area contributed by atoms with Crippen LogP contribution in [0.1, 0.15) is 22.9 Å². The Morgan fingerprint density at radius 2 is 1.79 bits per heavy atom. The van der Waals surface area contributed by atoms with Crippen LogP contribution < -0.4 is 20.1 Å². The first-order valence-electron chi connectivity index (χ1n) is 11.2. The van der Waals surface area contributed by atoms with Crippen molar-refractivity contribution in [3.05, 3.63) is 77.6 Å². The van der Waals surface area contributed by atoms with Crippen LogP contribution in [0, 0.1) is 0 Å². The Balaban J connectivity index is 1.46. The maximum Gasteiger partial charge on any atom is 0.313 e. The number of amides is 2. The van der Waals surface area contributed by atoms with E-state index in [1.54, 1.807) is 18.2 Å². The zero-order chi connectivity index (χ0) is 24.1. The summed E-state index contributed by atoms with van der Waals surface area (Å²) in [5.41, 5.74) is 4.10. The number of hydrogen-bond donors (Lipinski definition) is 2. The number of anilines is 1. The van der Waals surface area contributed by atoms with E-state index in [1.165, 1.54) is 25.3 Å². The number of aromatic nitrogens is 1. The van der Waals surface area contributed by atoms with E-state index in [2.05, 4.69) is 50.4 Å². The second-order valence-electron chi connectivity index (χ2n) is 8.28. The fourth-order valence-electron chi connectivity index (χ4n) is 4.39. The van der Waals surface area contributed by atoms with Crippen molar-refractivity contribution in [1.82, 2.24) is 14.8 Å². The largest absolute Gasteiger partial charge is 0.497 e. The zero-order valence-corrected chi connectivity index (χ0v) is 19.7. The molecule has 4 rings (SSSR count). The second kappa shape index (κ2) is 10.4. The minimum atomic E-state index is -0.763. The standard InChI is InChI=1S/C26H30N4O4/c1-29-13-6-9-22(29)23(30-14-12-18-7-4-5-8-19(18)17-30)16-27-25(31)26(32)28-21-15-20(33-2)10-11-24(21)34-3/h4-11,13,15,23H,12,14,16-17H2,1-3H3,(H,27,31)(H,28,32). The van der Waals surface area contributed by atoms with Crippen molar-refractivity contribution < 1.29 is 19.1 Å². The van der Waals surface area contributed by atoms with E-state index in [0.29, 0.717) is 23.7 Å². The van der Waals surface area contributed by atoms with Crippen molar-refractivity contribution >= 4 is 17.5 Å². The number of carbonyl (C=O) groups excluding carboxylic acids is 2. The maximum absolute atomic E-state index is 12.7. The lowest BCUT2D eigenvalue weighted by atomic mass is 9.98. The molecule has 2 heterocycles. The number of rotatable bonds is 7. The van der Waals surface area contributed by atoms with Gasteiger partial charge in [-0.25, -0.2) is 0 Å². The van der Waals surface area contributed by atoms with E-state index in [4.69, 9.17) is 9.47 Å². The van der Waals surface area contributed by atoms with Crippen LogP contribution >= 0.6 is 0 Å². The quantitative estimate of drug-likeness (QED) is 0.528. The van der Waals surface area contributed by atoms with Gasteiger partial charge < -0.3 is 24.7 Å². The molecule has 0 fully saturated rings. The summed E-state index contributed by atoms with van der Waals surface area (Å²) in [5, 5.41) is 5.45. The Bertz CT molecular complexity index is 1170. The Hall–Kier alpha value is -3.78. The minimum absolute atomic E-state index is 0.0727. The highest BCUT2D eigenvalue weighted by atomic mass is 16.5. The van der Waals surface area contributed by atoms with Crippen molar-refractivity contribution in [3.8, 4) is 11.5 Å². The molecule has 2 N–H and O–H groups in total. The van der Waals surface area contributed by atoms with Gasteiger partial charge in [-0.15, -0.1) is 0 Å². The van der Waals surface area contributed by atoms with Crippen molar-refractivity contribution in [3.63, 3.8) is 0 Å². The van der Waals surface area contributed by atoms with E-state index < -0.39 is 11.8 Å². The minimum Gasteiger partial charge on any atom is -0.497 e. The smallest absolute Gasteiger partial charge is 0.313 e. The molecule has 1 aliphatic heterocycles. The summed E-state index contributed by atoms with van der Waals surface area (Å²) >= 11 is 0. The number of carbonyl (C=O) groups is 2. The Morgan fingerprint density at radius 3 is 2.50 bits per heavy atom. The van der Waals surface area contributed by atoms with Crippen LogP contribution in [-0.2, 0) is 29.6 Å². The molecule has 2 amide bonds. The van der Waals surface area contributed by atoms with Gasteiger partial charge in [-0.3, -0.25) is 14.5 Å². The van der Waals surface area contributed by atoms with Gasteiger partial charge in [-0.05, 0) is 41.8 Å². The molecule has 0 saturated heterocycles. The number of aryl methyl sites for hydroxylation is 1. The average Bonchev–Trinajstić information content (AvgIpc) is 3.29. The van der Waals surface area contributed by atoms with Crippen molar-refractivity contribution in [1.29, 1.82) is 0 Å². The van der Waals surface area contributed by atoms with Crippen LogP contribution in [0.4, 0.5) is 5.69 Å². The lowest BCUT2D eigenvalue weighted by molar-refractivity contribution is -0.136. The Labute approximate surface area is 199 Å². The average molecular weight is 463 g/mol. The maximum atomic E-state index is 12.7. The lowest BCUT2D eigenvalue weighted by Gasteiger charge is -2.36. The monoisotopic (exact) mass is 462 g/mol. The number of hydrogen-bond acceptors (Lipinski definition) is 5. The van der Waals surface area contributed by atoms with Gasteiger partial charge in [0, 0.05) is 44.6 Å². The van der Waals surface area contributed by atoms with E-state index >= 15 is 0 Å². The first-order chi connectivity index (χ1) is 16.5. The number of nitrogens with one attached hydrogen (secondary N) is 2. The van der Waals surface area contributed by atoms with Gasteiger partial charge >= 0.3 is 11.8 Å². The predicted octanol–water partition coefficient (Wildman–Crippen LogP) is 2.90. The molecule has 0 saturated carbocycles. The highest BCUT2D eigenvalue weighted by Crippen LogP contribution is 2.29. The normalized spacial score (nSPS) is 14.1. The summed E-state index contributed by atoms with van der Waals surface area (Å²) in [4.78, 5) is 27.7. The van der Waals surface area contributed by atoms with Crippen LogP contribution in [-0.4, -0.2) is 48.6 Å². The van der Waals surface area contributed by atoms with Crippen molar-refractivity contribution in [2.75, 3.05) is 32.6 Å². The molecular formula is C26H30N4O4. The third-order valence-electron chi connectivity index (χ3n) is 6.24. The topological polar surface area (TPSA) is 84.8 Å². The third-order valence-corrected chi connectivity index (χ3v) is 6.24. The number of ether oxygens (including phenoxy) is 2. The van der Waals surface area contributed by atoms with Gasteiger partial charge in [-0.1, -0.05) is 24.3 Å². The Kier molecular flexibility index (Phi) is 7.18. The van der Waals surface area contributed by atoms with Crippen molar-refractivity contribution in [2.45, 2.75) is 19.0 Å². The molecule has 0 aliphatic carbocycles. The van der Waals surface area contributed by atoms with Crippen LogP contribution in [0.5, 0.6) is 11.5 Å². The van der Waals surface area contributed by atoms with Gasteiger partial charge in [0.05, 0.1) is 25.9 Å². The summed E-state index contributed by atoms with van der Waals surface area (Å²) in [6.07, 6.45) is 2.94. The van der Waals surface area contributed by atoms with Crippen LogP contribution in [0.15, 0.2) is 60.8 Å². The van der Waals surface area contributed by atoms with Gasteiger partial charge in [0.15, 0.2) is 0 Å². The zero-order valence-electron chi connectivity index (χ0n) is 19.7. The number of benzene rings is 2. The molecule has 1 atom stereocenters. The Morgan fingerprint density at radius 1 is 1.00 bits per heavy atom. The summed E-state index contributed by atoms with van der Waals surface area (Å²) in [5.74, 6) is -0.482. The third kappa shape index (κ3) is 5.07. The summed E-state index contributed by atoms with van der Waals surface area (Å²) < 4.78 is 12.5. The number of methoxy groups -OCH3 is 2. The molecule has 8 nitrogen and oxygen atoms in total. The lowest BCUT2D eigenvalue weighted by Crippen LogP contribution is -2.44. The molecule has 8 heteroatoms. The van der Waals surface area contributed by atoms with Crippen molar-refractivity contribution in [2.24, 2.45) is 7.05 Å². The SMILES string of the molecule is COc1ccc(OC)c(NC(=O)C(=O)NCC(c2cccn2C)N2CCc3ccccc3C2)c1. The first-order valence-corrected chi connectivity index (χ1v) is 11.2. The van der Waals surface area contributed by atoms with Gasteiger partial charge in [0.25, 0.3) is 0 Å². The number of fused-ring (bicyclic) bond motifs is 1. The summed E-state index contributed by atoms with van der Waals surface area (Å²) in [6.45, 7) is 1.96. The molecule has 0 bridgehead atoms. The molecule has 0 radical (unpaired) electrons. The first kappa shape index (κ1) is 23.4. The van der Waals surface area contributed by atoms with E-state index in [-0.39, 0.29) is 6.04 Å². The van der Waals surface area contributed by atoms with Gasteiger partial charge in [0.2, 0.25) is 0 Å². The second-order valence-corrected chi connectivity index (χ2v) is 8.28. The van der Waals surface area contributed by atoms with Crippen LogP contribution in [0.25, 0.3) is 0 Å². The molecule has 3 aromatic rings. The molecule has 178 valence electrons.